The summed E-state index contributed by atoms with van der Waals surface area (Å²) in [7, 11) is -4.60. The molecule has 0 aliphatic carbocycles. The number of nitrogens with zero attached hydrogens (tertiary/aromatic N) is 3. The number of aromatic nitrogens is 2. The van der Waals surface area contributed by atoms with Crippen molar-refractivity contribution in [1.82, 2.24) is 8.96 Å². The molecule has 4 aromatic rings. The summed E-state index contributed by atoms with van der Waals surface area (Å²) in [6.45, 7) is -0.361. The fourth-order valence-corrected chi connectivity index (χ4v) is 4.92. The molecule has 8 nitrogen and oxygen atoms in total. The summed E-state index contributed by atoms with van der Waals surface area (Å²) in [5.41, 5.74) is 0.278. The molecule has 0 saturated carbocycles. The molecule has 0 spiro atoms. The van der Waals surface area contributed by atoms with Crippen molar-refractivity contribution in [3.05, 3.63) is 92.7 Å². The minimum atomic E-state index is -4.60. The van der Waals surface area contributed by atoms with E-state index in [1.54, 1.807) is 12.1 Å². The molecule has 3 aromatic carbocycles. The Morgan fingerprint density at radius 3 is 2.47 bits per heavy atom. The third kappa shape index (κ3) is 4.06. The predicted molar refractivity (Wildman–Crippen MR) is 114 cm³/mol. The minimum Gasteiger partial charge on any atom is -0.486 e. The summed E-state index contributed by atoms with van der Waals surface area (Å²) in [6.07, 6.45) is 0. The zero-order chi connectivity index (χ0) is 23.0. The van der Waals surface area contributed by atoms with E-state index < -0.39 is 31.5 Å². The van der Waals surface area contributed by atoms with Gasteiger partial charge >= 0.3 is 0 Å². The van der Waals surface area contributed by atoms with Crippen LogP contribution in [0.2, 0.25) is 0 Å². The molecule has 1 aromatic heterocycles. The van der Waals surface area contributed by atoms with Crippen molar-refractivity contribution in [2.45, 2.75) is 11.5 Å². The lowest BCUT2D eigenvalue weighted by Crippen LogP contribution is -2.19. The molecule has 32 heavy (non-hydrogen) atoms. The Morgan fingerprint density at radius 2 is 1.78 bits per heavy atom. The number of nitro benzene ring substituents is 1. The monoisotopic (exact) mass is 523 g/mol. The summed E-state index contributed by atoms with van der Waals surface area (Å²) in [6, 6.07) is 12.0. The maximum Gasteiger partial charge on any atom is 0.272 e. The first-order chi connectivity index (χ1) is 15.2. The number of fused-ring (bicyclic) bond motifs is 1. The molecule has 1 heterocycles. The maximum absolute atomic E-state index is 14.3. The zero-order valence-electron chi connectivity index (χ0n) is 15.9. The molecule has 0 N–H and O–H groups in total. The van der Waals surface area contributed by atoms with Gasteiger partial charge in [0.1, 0.15) is 28.9 Å². The molecule has 0 aliphatic heterocycles. The highest BCUT2D eigenvalue weighted by atomic mass is 79.9. The molecule has 4 rings (SSSR count). The first kappa shape index (κ1) is 21.8. The first-order valence-electron chi connectivity index (χ1n) is 8.91. The average molecular weight is 524 g/mol. The van der Waals surface area contributed by atoms with Crippen molar-refractivity contribution < 1.29 is 26.9 Å². The lowest BCUT2D eigenvalue weighted by atomic mass is 10.3. The van der Waals surface area contributed by atoms with E-state index >= 15 is 0 Å². The Kier molecular flexibility index (Phi) is 5.65. The molecular weight excluding hydrogens is 512 g/mol. The van der Waals surface area contributed by atoms with E-state index in [1.165, 1.54) is 30.3 Å². The molecule has 0 amide bonds. The number of ether oxygens (including phenoxy) is 1. The van der Waals surface area contributed by atoms with E-state index in [9.17, 15) is 27.3 Å². The van der Waals surface area contributed by atoms with Gasteiger partial charge in [0.05, 0.1) is 16.0 Å². The predicted octanol–water partition coefficient (Wildman–Crippen LogP) is 4.80. The van der Waals surface area contributed by atoms with Crippen LogP contribution in [0, 0.1) is 21.7 Å². The smallest absolute Gasteiger partial charge is 0.272 e. The van der Waals surface area contributed by atoms with Crippen molar-refractivity contribution in [2.24, 2.45) is 0 Å². The van der Waals surface area contributed by atoms with Crippen LogP contribution in [0.15, 0.2) is 70.0 Å². The Balaban J connectivity index is 1.80. The zero-order valence-corrected chi connectivity index (χ0v) is 18.3. The van der Waals surface area contributed by atoms with E-state index in [0.29, 0.717) is 10.5 Å². The third-order valence-corrected chi connectivity index (χ3v) is 6.72. The lowest BCUT2D eigenvalue weighted by Gasteiger charge is -2.12. The van der Waals surface area contributed by atoms with Crippen molar-refractivity contribution in [1.29, 1.82) is 0 Å². The molecule has 0 saturated heterocycles. The van der Waals surface area contributed by atoms with Crippen LogP contribution in [0.25, 0.3) is 11.0 Å². The molecule has 0 bridgehead atoms. The van der Waals surface area contributed by atoms with Crippen LogP contribution in [0.1, 0.15) is 5.82 Å². The first-order valence-corrected chi connectivity index (χ1v) is 11.1. The van der Waals surface area contributed by atoms with Gasteiger partial charge in [-0.2, -0.15) is 0 Å². The molecule has 164 valence electrons. The normalized spacial score (nSPS) is 11.6. The van der Waals surface area contributed by atoms with Crippen molar-refractivity contribution in [3.63, 3.8) is 0 Å². The lowest BCUT2D eigenvalue weighted by molar-refractivity contribution is -0.384. The van der Waals surface area contributed by atoms with Crippen LogP contribution in [0.4, 0.5) is 14.5 Å². The summed E-state index contributed by atoms with van der Waals surface area (Å²) in [5, 5.41) is 10.8. The number of nitro groups is 1. The van der Waals surface area contributed by atoms with Crippen molar-refractivity contribution in [2.75, 3.05) is 0 Å². The van der Waals surface area contributed by atoms with Crippen LogP contribution in [-0.2, 0) is 16.6 Å². The van der Waals surface area contributed by atoms with Gasteiger partial charge in [-0.3, -0.25) is 10.1 Å². The summed E-state index contributed by atoms with van der Waals surface area (Å²) < 4.78 is 61.6. The van der Waals surface area contributed by atoms with Crippen LogP contribution in [-0.4, -0.2) is 22.3 Å². The van der Waals surface area contributed by atoms with Crippen LogP contribution >= 0.6 is 15.9 Å². The van der Waals surface area contributed by atoms with Crippen molar-refractivity contribution >= 4 is 42.7 Å². The van der Waals surface area contributed by atoms with Gasteiger partial charge < -0.3 is 4.74 Å². The molecular formula is C20H12BrF2N3O5S. The Morgan fingerprint density at radius 1 is 1.06 bits per heavy atom. The molecule has 0 radical (unpaired) electrons. The highest BCUT2D eigenvalue weighted by molar-refractivity contribution is 9.10. The third-order valence-electron chi connectivity index (χ3n) is 4.47. The second-order valence-corrected chi connectivity index (χ2v) is 9.22. The van der Waals surface area contributed by atoms with Gasteiger partial charge in [0.15, 0.2) is 5.82 Å². The van der Waals surface area contributed by atoms with Gasteiger partial charge in [0, 0.05) is 16.6 Å². The van der Waals surface area contributed by atoms with E-state index in [2.05, 4.69) is 20.9 Å². The topological polar surface area (TPSA) is 104 Å². The second kappa shape index (κ2) is 8.28. The highest BCUT2D eigenvalue weighted by Gasteiger charge is 2.28. The maximum atomic E-state index is 14.3. The van der Waals surface area contributed by atoms with Gasteiger partial charge in [-0.15, -0.1) is 0 Å². The van der Waals surface area contributed by atoms with Crippen molar-refractivity contribution in [3.8, 4) is 5.75 Å². The van der Waals surface area contributed by atoms with Gasteiger partial charge in [-0.05, 0) is 48.5 Å². The van der Waals surface area contributed by atoms with E-state index in [0.717, 1.165) is 16.1 Å². The summed E-state index contributed by atoms with van der Waals surface area (Å²) in [5.74, 6) is -1.91. The molecule has 0 fully saturated rings. The average Bonchev–Trinajstić information content (AvgIpc) is 3.12. The van der Waals surface area contributed by atoms with Gasteiger partial charge in [0.25, 0.3) is 15.7 Å². The SMILES string of the molecule is O=[N+]([O-])c1ccc(OCc2nc3ccc(Br)cc3n2S(=O)(=O)c2cc(F)ccc2F)cc1. The molecule has 0 unspecified atom stereocenters. The minimum absolute atomic E-state index is 0.0971. The molecule has 0 atom stereocenters. The number of hydrogen-bond donors (Lipinski definition) is 0. The number of rotatable bonds is 6. The summed E-state index contributed by atoms with van der Waals surface area (Å²) >= 11 is 3.26. The second-order valence-electron chi connectivity index (χ2n) is 6.54. The van der Waals surface area contributed by atoms with E-state index in [4.69, 9.17) is 4.74 Å². The van der Waals surface area contributed by atoms with Crippen LogP contribution in [0.3, 0.4) is 0 Å². The highest BCUT2D eigenvalue weighted by Crippen LogP contribution is 2.28. The fourth-order valence-electron chi connectivity index (χ4n) is 3.02. The Labute approximate surface area is 188 Å². The number of imidazole rings is 1. The van der Waals surface area contributed by atoms with Crippen LogP contribution < -0.4 is 4.74 Å². The fraction of sp³-hybridized carbons (Fsp3) is 0.0500. The summed E-state index contributed by atoms with van der Waals surface area (Å²) in [4.78, 5) is 13.6. The Hall–Kier alpha value is -3.38. The number of benzene rings is 3. The van der Waals surface area contributed by atoms with Crippen LogP contribution in [0.5, 0.6) is 5.75 Å². The largest absolute Gasteiger partial charge is 0.486 e. The van der Waals surface area contributed by atoms with E-state index in [1.807, 2.05) is 0 Å². The number of hydrogen-bond acceptors (Lipinski definition) is 6. The van der Waals surface area contributed by atoms with E-state index in [-0.39, 0.29) is 34.9 Å². The standard InChI is InChI=1S/C20H12BrF2N3O5S/c21-12-1-8-17-18(9-12)25(32(29,30)19-10-13(22)2-7-16(19)23)20(24-17)11-31-15-5-3-14(4-6-15)26(27)28/h1-10H,11H2. The van der Waals surface area contributed by atoms with Gasteiger partial charge in [0.2, 0.25) is 0 Å². The van der Waals surface area contributed by atoms with Gasteiger partial charge in [-0.25, -0.2) is 26.2 Å². The number of non-ortho nitro benzene ring substituents is 1. The quantitative estimate of drug-likeness (QED) is 0.265. The number of halogens is 3. The molecule has 0 aliphatic rings. The Bertz CT molecular complexity index is 1460. The molecule has 12 heteroatoms. The van der Waals surface area contributed by atoms with Gasteiger partial charge in [-0.1, -0.05) is 15.9 Å².